The van der Waals surface area contributed by atoms with E-state index < -0.39 is 11.7 Å². The van der Waals surface area contributed by atoms with Gasteiger partial charge in [0.1, 0.15) is 5.82 Å². The van der Waals surface area contributed by atoms with Gasteiger partial charge in [0, 0.05) is 6.54 Å². The summed E-state index contributed by atoms with van der Waals surface area (Å²) in [5, 5.41) is 19.5. The molecule has 4 nitrogen and oxygen atoms in total. The van der Waals surface area contributed by atoms with Crippen LogP contribution in [0.4, 0.5) is 4.39 Å². The van der Waals surface area contributed by atoms with Gasteiger partial charge in [-0.2, -0.15) is 0 Å². The van der Waals surface area contributed by atoms with Gasteiger partial charge in [-0.25, -0.2) is 4.39 Å². The van der Waals surface area contributed by atoms with Crippen LogP contribution >= 0.6 is 0 Å². The van der Waals surface area contributed by atoms with Crippen molar-refractivity contribution in [2.75, 3.05) is 6.54 Å². The molecule has 1 saturated heterocycles. The van der Waals surface area contributed by atoms with Crippen LogP contribution in [0.15, 0.2) is 24.3 Å². The summed E-state index contributed by atoms with van der Waals surface area (Å²) in [4.78, 5) is 13.8. The minimum absolute atomic E-state index is 0.0223. The highest BCUT2D eigenvalue weighted by atomic mass is 19.1. The lowest BCUT2D eigenvalue weighted by Crippen LogP contribution is -2.36. The van der Waals surface area contributed by atoms with Gasteiger partial charge < -0.3 is 15.1 Å². The summed E-state index contributed by atoms with van der Waals surface area (Å²) in [6, 6.07) is 5.73. The van der Waals surface area contributed by atoms with Crippen LogP contribution in [0.2, 0.25) is 0 Å². The van der Waals surface area contributed by atoms with Crippen molar-refractivity contribution in [2.24, 2.45) is 0 Å². The maximum absolute atomic E-state index is 13.3. The van der Waals surface area contributed by atoms with Gasteiger partial charge in [0.2, 0.25) is 5.91 Å². The molecule has 5 heteroatoms. The fraction of sp³-hybridized carbons (Fsp3) is 0.533. The average molecular weight is 281 g/mol. The van der Waals surface area contributed by atoms with Gasteiger partial charge in [-0.05, 0) is 38.0 Å². The number of carbonyl (C=O) groups excluding carboxylic acids is 1. The molecule has 1 fully saturated rings. The molecule has 2 atom stereocenters. The number of hydrogen-bond donors (Lipinski definition) is 2. The Morgan fingerprint density at radius 3 is 2.80 bits per heavy atom. The molecule has 1 aliphatic rings. The highest BCUT2D eigenvalue weighted by molar-refractivity contribution is 5.78. The predicted octanol–water partition coefficient (Wildman–Crippen LogP) is 1.62. The van der Waals surface area contributed by atoms with Crippen molar-refractivity contribution in [3.63, 3.8) is 0 Å². The molecule has 0 bridgehead atoms. The van der Waals surface area contributed by atoms with E-state index in [9.17, 15) is 19.4 Å². The fourth-order valence-electron chi connectivity index (χ4n) is 2.59. The predicted molar refractivity (Wildman–Crippen MR) is 72.4 cm³/mol. The first kappa shape index (κ1) is 14.9. The van der Waals surface area contributed by atoms with Crippen LogP contribution in [-0.2, 0) is 4.79 Å². The van der Waals surface area contributed by atoms with Crippen molar-refractivity contribution in [3.05, 3.63) is 35.6 Å². The minimum Gasteiger partial charge on any atom is -0.391 e. The number of aliphatic hydroxyl groups is 2. The van der Waals surface area contributed by atoms with Crippen molar-refractivity contribution in [1.29, 1.82) is 0 Å². The van der Waals surface area contributed by atoms with Crippen molar-refractivity contribution in [1.82, 2.24) is 4.90 Å². The zero-order valence-corrected chi connectivity index (χ0v) is 11.7. The normalized spacial score (nSPS) is 23.1. The van der Waals surface area contributed by atoms with Gasteiger partial charge >= 0.3 is 0 Å². The number of halogens is 1. The van der Waals surface area contributed by atoms with E-state index in [1.54, 1.807) is 26.0 Å². The van der Waals surface area contributed by atoms with E-state index in [0.717, 1.165) is 0 Å². The number of likely N-dealkylation sites (tertiary alicyclic amines) is 1. The molecular weight excluding hydrogens is 261 g/mol. The molecule has 1 heterocycles. The van der Waals surface area contributed by atoms with Crippen LogP contribution in [0, 0.1) is 5.82 Å². The fourth-order valence-corrected chi connectivity index (χ4v) is 2.59. The van der Waals surface area contributed by atoms with Gasteiger partial charge in [0.25, 0.3) is 0 Å². The molecule has 1 aromatic rings. The maximum atomic E-state index is 13.3. The van der Waals surface area contributed by atoms with Crippen LogP contribution in [0.3, 0.4) is 0 Å². The summed E-state index contributed by atoms with van der Waals surface area (Å²) in [5.74, 6) is -0.595. The van der Waals surface area contributed by atoms with Crippen molar-refractivity contribution in [3.8, 4) is 0 Å². The first-order chi connectivity index (χ1) is 9.26. The van der Waals surface area contributed by atoms with Crippen molar-refractivity contribution >= 4 is 5.91 Å². The molecule has 1 aliphatic heterocycles. The third-order valence-corrected chi connectivity index (χ3v) is 3.42. The summed E-state index contributed by atoms with van der Waals surface area (Å²) in [6.07, 6.45) is -0.249. The Labute approximate surface area is 117 Å². The van der Waals surface area contributed by atoms with Crippen LogP contribution in [0.25, 0.3) is 0 Å². The maximum Gasteiger partial charge on any atom is 0.226 e. The molecule has 2 N–H and O–H groups in total. The zero-order chi connectivity index (χ0) is 14.9. The van der Waals surface area contributed by atoms with Gasteiger partial charge in [-0.3, -0.25) is 4.79 Å². The Kier molecular flexibility index (Phi) is 4.11. The number of benzene rings is 1. The Balaban J connectivity index is 2.21. The molecule has 0 radical (unpaired) electrons. The Bertz CT molecular complexity index is 498. The standard InChI is InChI=1S/C15H20FNO3/c1-15(2,20)8-14(19)17-9-12(18)7-13(17)10-4-3-5-11(16)6-10/h3-6,12-13,18,20H,7-9H2,1-2H3/t12-,13-/m0/s1. The van der Waals surface area contributed by atoms with Crippen molar-refractivity contribution < 1.29 is 19.4 Å². The third kappa shape index (κ3) is 3.55. The monoisotopic (exact) mass is 281 g/mol. The number of carbonyl (C=O) groups is 1. The summed E-state index contributed by atoms with van der Waals surface area (Å²) in [7, 11) is 0. The molecule has 1 aromatic carbocycles. The second kappa shape index (κ2) is 5.50. The Hall–Kier alpha value is -1.46. The largest absolute Gasteiger partial charge is 0.391 e. The summed E-state index contributed by atoms with van der Waals surface area (Å²) >= 11 is 0. The molecule has 110 valence electrons. The Morgan fingerprint density at radius 1 is 1.50 bits per heavy atom. The van der Waals surface area contributed by atoms with Crippen molar-refractivity contribution in [2.45, 2.75) is 44.4 Å². The summed E-state index contributed by atoms with van der Waals surface area (Å²) < 4.78 is 13.3. The van der Waals surface area contributed by atoms with E-state index >= 15 is 0 Å². The molecule has 0 saturated carbocycles. The lowest BCUT2D eigenvalue weighted by molar-refractivity contribution is -0.136. The van der Waals surface area contributed by atoms with E-state index in [-0.39, 0.29) is 30.7 Å². The highest BCUT2D eigenvalue weighted by Gasteiger charge is 2.36. The van der Waals surface area contributed by atoms with Crippen LogP contribution in [-0.4, -0.2) is 39.3 Å². The van der Waals surface area contributed by atoms with E-state index in [0.29, 0.717) is 12.0 Å². The number of rotatable bonds is 3. The molecule has 2 rings (SSSR count). The second-order valence-corrected chi connectivity index (χ2v) is 6.00. The van der Waals surface area contributed by atoms with E-state index in [1.165, 1.54) is 17.0 Å². The van der Waals surface area contributed by atoms with Crippen LogP contribution in [0.1, 0.15) is 38.3 Å². The second-order valence-electron chi connectivity index (χ2n) is 6.00. The van der Waals surface area contributed by atoms with E-state index in [2.05, 4.69) is 0 Å². The van der Waals surface area contributed by atoms with Crippen LogP contribution in [0.5, 0.6) is 0 Å². The highest BCUT2D eigenvalue weighted by Crippen LogP contribution is 2.33. The molecule has 0 spiro atoms. The average Bonchev–Trinajstić information content (AvgIpc) is 2.69. The summed E-state index contributed by atoms with van der Waals surface area (Å²) in [6.45, 7) is 3.35. The quantitative estimate of drug-likeness (QED) is 0.885. The molecular formula is C15H20FNO3. The molecule has 0 aliphatic carbocycles. The molecule has 0 unspecified atom stereocenters. The van der Waals surface area contributed by atoms with Gasteiger partial charge in [0.05, 0.1) is 24.2 Å². The molecule has 0 aromatic heterocycles. The van der Waals surface area contributed by atoms with E-state index in [4.69, 9.17) is 0 Å². The lowest BCUT2D eigenvalue weighted by atomic mass is 10.0. The number of amides is 1. The SMILES string of the molecule is CC(C)(O)CC(=O)N1C[C@@H](O)C[C@H]1c1cccc(F)c1. The number of nitrogens with zero attached hydrogens (tertiary/aromatic N) is 1. The first-order valence-electron chi connectivity index (χ1n) is 6.71. The van der Waals surface area contributed by atoms with Crippen LogP contribution < -0.4 is 0 Å². The van der Waals surface area contributed by atoms with Gasteiger partial charge in [0.15, 0.2) is 0 Å². The summed E-state index contributed by atoms with van der Waals surface area (Å²) in [5.41, 5.74) is -0.428. The lowest BCUT2D eigenvalue weighted by Gasteiger charge is -2.27. The Morgan fingerprint density at radius 2 is 2.20 bits per heavy atom. The third-order valence-electron chi connectivity index (χ3n) is 3.42. The molecule has 20 heavy (non-hydrogen) atoms. The minimum atomic E-state index is -1.10. The zero-order valence-electron chi connectivity index (χ0n) is 11.7. The molecule has 1 amide bonds. The first-order valence-corrected chi connectivity index (χ1v) is 6.71. The van der Waals surface area contributed by atoms with Gasteiger partial charge in [-0.1, -0.05) is 12.1 Å². The van der Waals surface area contributed by atoms with E-state index in [1.807, 2.05) is 0 Å². The topological polar surface area (TPSA) is 60.8 Å². The number of hydrogen-bond acceptors (Lipinski definition) is 3. The smallest absolute Gasteiger partial charge is 0.226 e. The number of β-amino-alcohol motifs (C(OH)–C–C–N with tert-alkyl or cyclic N) is 1. The number of aliphatic hydroxyl groups excluding tert-OH is 1. The van der Waals surface area contributed by atoms with Gasteiger partial charge in [-0.15, -0.1) is 0 Å².